The Kier molecular flexibility index (Phi) is 3.01. The van der Waals surface area contributed by atoms with Crippen LogP contribution in [0.15, 0.2) is 30.3 Å². The van der Waals surface area contributed by atoms with Crippen molar-refractivity contribution in [1.29, 1.82) is 0 Å². The molecule has 5 heteroatoms. The molecule has 0 aliphatic rings. The third kappa shape index (κ3) is 2.46. The number of aryl methyl sites for hydroxylation is 1. The Morgan fingerprint density at radius 1 is 1.44 bits per heavy atom. The Bertz CT molecular complexity index is 496. The predicted octanol–water partition coefficient (Wildman–Crippen LogP) is 2.46. The maximum absolute atomic E-state index is 5.84. The van der Waals surface area contributed by atoms with Crippen LogP contribution in [0.4, 0.5) is 5.82 Å². The molecule has 0 bridgehead atoms. The van der Waals surface area contributed by atoms with Gasteiger partial charge in [0.15, 0.2) is 6.73 Å². The highest BCUT2D eigenvalue weighted by atomic mass is 35.5. The Hall–Kier alpha value is -1.68. The monoisotopic (exact) mass is 237 g/mol. The molecule has 0 aliphatic carbocycles. The number of nitrogens with zero attached hydrogens (tertiary/aromatic N) is 2. The third-order valence-corrected chi connectivity index (χ3v) is 2.38. The Morgan fingerprint density at radius 3 is 2.88 bits per heavy atom. The number of rotatable bonds is 3. The molecule has 0 unspecified atom stereocenters. The zero-order valence-electron chi connectivity index (χ0n) is 8.85. The molecule has 0 fully saturated rings. The molecule has 0 saturated carbocycles. The lowest BCUT2D eigenvalue weighted by Gasteiger charge is -2.07. The lowest BCUT2D eigenvalue weighted by atomic mass is 10.3. The second-order valence-corrected chi connectivity index (χ2v) is 3.88. The number of anilines is 1. The lowest BCUT2D eigenvalue weighted by Crippen LogP contribution is -2.08. The van der Waals surface area contributed by atoms with Gasteiger partial charge in [0, 0.05) is 16.8 Å². The van der Waals surface area contributed by atoms with E-state index in [1.807, 2.05) is 19.1 Å². The van der Waals surface area contributed by atoms with Crippen molar-refractivity contribution in [3.05, 3.63) is 41.0 Å². The molecule has 0 amide bonds. The van der Waals surface area contributed by atoms with Gasteiger partial charge < -0.3 is 10.5 Å². The molecule has 4 nitrogen and oxygen atoms in total. The van der Waals surface area contributed by atoms with Gasteiger partial charge in [0.05, 0.1) is 0 Å². The summed E-state index contributed by atoms with van der Waals surface area (Å²) < 4.78 is 7.22. The molecule has 0 atom stereocenters. The molecule has 0 aliphatic heterocycles. The number of halogens is 1. The number of ether oxygens (including phenoxy) is 1. The molecule has 0 spiro atoms. The molecule has 2 N–H and O–H groups in total. The van der Waals surface area contributed by atoms with Gasteiger partial charge in [0.1, 0.15) is 11.6 Å². The molecule has 0 saturated heterocycles. The van der Waals surface area contributed by atoms with Gasteiger partial charge in [-0.05, 0) is 25.1 Å². The first-order valence-electron chi connectivity index (χ1n) is 4.83. The first kappa shape index (κ1) is 10.8. The Labute approximate surface area is 98.6 Å². The predicted molar refractivity (Wildman–Crippen MR) is 63.5 cm³/mol. The average Bonchev–Trinajstić information content (AvgIpc) is 2.54. The molecule has 2 rings (SSSR count). The van der Waals surface area contributed by atoms with Gasteiger partial charge in [0.2, 0.25) is 0 Å². The van der Waals surface area contributed by atoms with Crippen LogP contribution in [-0.2, 0) is 6.73 Å². The second-order valence-electron chi connectivity index (χ2n) is 3.44. The van der Waals surface area contributed by atoms with Crippen LogP contribution in [0.2, 0.25) is 5.02 Å². The Balaban J connectivity index is 2.05. The van der Waals surface area contributed by atoms with Crippen molar-refractivity contribution in [3.63, 3.8) is 0 Å². The molecule has 0 radical (unpaired) electrons. The summed E-state index contributed by atoms with van der Waals surface area (Å²) in [6.07, 6.45) is 0. The van der Waals surface area contributed by atoms with Gasteiger partial charge in [-0.25, -0.2) is 4.68 Å². The Morgan fingerprint density at radius 2 is 2.25 bits per heavy atom. The van der Waals surface area contributed by atoms with E-state index in [0.29, 0.717) is 23.3 Å². The molecule has 16 heavy (non-hydrogen) atoms. The highest BCUT2D eigenvalue weighted by Crippen LogP contribution is 2.17. The summed E-state index contributed by atoms with van der Waals surface area (Å²) in [4.78, 5) is 0. The smallest absolute Gasteiger partial charge is 0.181 e. The van der Waals surface area contributed by atoms with Gasteiger partial charge in [0.25, 0.3) is 0 Å². The van der Waals surface area contributed by atoms with Crippen LogP contribution in [0.25, 0.3) is 0 Å². The number of nitrogen functional groups attached to an aromatic ring is 1. The van der Waals surface area contributed by atoms with Crippen LogP contribution in [-0.4, -0.2) is 9.78 Å². The van der Waals surface area contributed by atoms with Gasteiger partial charge in [-0.3, -0.25) is 0 Å². The zero-order chi connectivity index (χ0) is 11.5. The molecular weight excluding hydrogens is 226 g/mol. The van der Waals surface area contributed by atoms with Crippen LogP contribution in [0, 0.1) is 6.92 Å². The molecule has 1 aromatic heterocycles. The lowest BCUT2D eigenvalue weighted by molar-refractivity contribution is 0.218. The zero-order valence-corrected chi connectivity index (χ0v) is 9.61. The van der Waals surface area contributed by atoms with Crippen LogP contribution in [0.3, 0.4) is 0 Å². The fraction of sp³-hybridized carbons (Fsp3) is 0.182. The van der Waals surface area contributed by atoms with Crippen LogP contribution in [0.1, 0.15) is 5.69 Å². The second kappa shape index (κ2) is 4.45. The SMILES string of the molecule is Cc1cc(N)nn1COc1cccc(Cl)c1. The van der Waals surface area contributed by atoms with Crippen LogP contribution < -0.4 is 10.5 Å². The number of aromatic nitrogens is 2. The standard InChI is InChI=1S/C11H12ClN3O/c1-8-5-11(13)14-15(8)7-16-10-4-2-3-9(12)6-10/h2-6H,7H2,1H3,(H2,13,14). The van der Waals surface area contributed by atoms with E-state index in [0.717, 1.165) is 5.69 Å². The van der Waals surface area contributed by atoms with E-state index >= 15 is 0 Å². The fourth-order valence-corrected chi connectivity index (χ4v) is 1.54. The van der Waals surface area contributed by atoms with Crippen molar-refractivity contribution in [2.75, 3.05) is 5.73 Å². The van der Waals surface area contributed by atoms with Gasteiger partial charge >= 0.3 is 0 Å². The fourth-order valence-electron chi connectivity index (χ4n) is 1.36. The maximum atomic E-state index is 5.84. The summed E-state index contributed by atoms with van der Waals surface area (Å²) in [5.74, 6) is 1.20. The third-order valence-electron chi connectivity index (χ3n) is 2.15. The summed E-state index contributed by atoms with van der Waals surface area (Å²) in [5.41, 5.74) is 6.52. The summed E-state index contributed by atoms with van der Waals surface area (Å²) in [6.45, 7) is 2.24. The number of nitrogens with two attached hydrogens (primary N) is 1. The molecular formula is C11H12ClN3O. The minimum Gasteiger partial charge on any atom is -0.471 e. The number of hydrogen-bond donors (Lipinski definition) is 1. The van der Waals surface area contributed by atoms with E-state index < -0.39 is 0 Å². The average molecular weight is 238 g/mol. The maximum Gasteiger partial charge on any atom is 0.181 e. The van der Waals surface area contributed by atoms with Crippen molar-refractivity contribution in [2.24, 2.45) is 0 Å². The van der Waals surface area contributed by atoms with E-state index in [-0.39, 0.29) is 0 Å². The quantitative estimate of drug-likeness (QED) is 0.892. The first-order chi connectivity index (χ1) is 7.65. The number of hydrogen-bond acceptors (Lipinski definition) is 3. The van der Waals surface area contributed by atoms with Crippen molar-refractivity contribution < 1.29 is 4.74 Å². The van der Waals surface area contributed by atoms with E-state index in [1.165, 1.54) is 0 Å². The van der Waals surface area contributed by atoms with Crippen molar-refractivity contribution >= 4 is 17.4 Å². The molecule has 84 valence electrons. The normalized spacial score (nSPS) is 10.4. The molecule has 1 aromatic carbocycles. The summed E-state index contributed by atoms with van der Waals surface area (Å²) >= 11 is 5.84. The van der Waals surface area contributed by atoms with E-state index in [4.69, 9.17) is 22.1 Å². The van der Waals surface area contributed by atoms with Crippen molar-refractivity contribution in [1.82, 2.24) is 9.78 Å². The molecule has 2 aromatic rings. The van der Waals surface area contributed by atoms with Gasteiger partial charge in [-0.2, -0.15) is 5.10 Å². The highest BCUT2D eigenvalue weighted by Gasteiger charge is 2.01. The van der Waals surface area contributed by atoms with Gasteiger partial charge in [-0.1, -0.05) is 17.7 Å². The summed E-state index contributed by atoms with van der Waals surface area (Å²) in [7, 11) is 0. The van der Waals surface area contributed by atoms with Crippen LogP contribution in [0.5, 0.6) is 5.75 Å². The minimum atomic E-state index is 0.323. The summed E-state index contributed by atoms with van der Waals surface area (Å²) in [5, 5.41) is 4.73. The van der Waals surface area contributed by atoms with E-state index in [9.17, 15) is 0 Å². The van der Waals surface area contributed by atoms with Crippen molar-refractivity contribution in [3.8, 4) is 5.75 Å². The minimum absolute atomic E-state index is 0.323. The van der Waals surface area contributed by atoms with E-state index in [2.05, 4.69) is 5.10 Å². The van der Waals surface area contributed by atoms with Gasteiger partial charge in [-0.15, -0.1) is 0 Å². The topological polar surface area (TPSA) is 53.1 Å². The largest absolute Gasteiger partial charge is 0.471 e. The van der Waals surface area contributed by atoms with E-state index in [1.54, 1.807) is 22.9 Å². The highest BCUT2D eigenvalue weighted by molar-refractivity contribution is 6.30. The molecule has 1 heterocycles. The number of benzene rings is 1. The summed E-state index contributed by atoms with van der Waals surface area (Å²) in [6, 6.07) is 9.02. The first-order valence-corrected chi connectivity index (χ1v) is 5.21. The van der Waals surface area contributed by atoms with Crippen molar-refractivity contribution in [2.45, 2.75) is 13.7 Å². The van der Waals surface area contributed by atoms with Crippen LogP contribution >= 0.6 is 11.6 Å².